The van der Waals surface area contributed by atoms with Crippen molar-refractivity contribution in [3.05, 3.63) is 47.1 Å². The maximum absolute atomic E-state index is 9.48. The first-order valence-corrected chi connectivity index (χ1v) is 5.23. The molecule has 0 saturated heterocycles. The highest BCUT2D eigenvalue weighted by Crippen LogP contribution is 2.28. The number of pyridine rings is 1. The molecule has 0 spiro atoms. The van der Waals surface area contributed by atoms with Crippen molar-refractivity contribution in [1.82, 2.24) is 4.98 Å². The second-order valence-corrected chi connectivity index (χ2v) is 3.79. The summed E-state index contributed by atoms with van der Waals surface area (Å²) >= 11 is 6.06. The molecular formula is C12H11ClN2O. The summed E-state index contributed by atoms with van der Waals surface area (Å²) in [6, 6.07) is 9.17. The number of benzene rings is 1. The first kappa shape index (κ1) is 10.9. The largest absolute Gasteiger partial charge is 0.506 e. The minimum atomic E-state index is 0.110. The average Bonchev–Trinajstić information content (AvgIpc) is 2.31. The molecule has 0 fully saturated rings. The number of rotatable bonds is 2. The van der Waals surface area contributed by atoms with E-state index in [1.165, 1.54) is 6.20 Å². The summed E-state index contributed by atoms with van der Waals surface area (Å²) < 4.78 is 0. The number of aromatic hydroxyl groups is 1. The summed E-state index contributed by atoms with van der Waals surface area (Å²) in [4.78, 5) is 4.13. The molecule has 1 heterocycles. The lowest BCUT2D eigenvalue weighted by Gasteiger charge is -2.06. The van der Waals surface area contributed by atoms with E-state index in [0.717, 1.165) is 5.56 Å². The molecule has 0 aliphatic carbocycles. The smallest absolute Gasteiger partial charge is 0.138 e. The van der Waals surface area contributed by atoms with Crippen LogP contribution in [0.5, 0.6) is 5.75 Å². The van der Waals surface area contributed by atoms with Gasteiger partial charge in [-0.05, 0) is 12.1 Å². The normalized spacial score (nSPS) is 10.4. The van der Waals surface area contributed by atoms with Crippen molar-refractivity contribution in [2.75, 3.05) is 0 Å². The molecule has 4 heteroatoms. The molecule has 16 heavy (non-hydrogen) atoms. The topological polar surface area (TPSA) is 59.1 Å². The molecule has 0 bridgehead atoms. The first-order valence-electron chi connectivity index (χ1n) is 4.85. The molecule has 0 saturated carbocycles. The Morgan fingerprint density at radius 3 is 2.75 bits per heavy atom. The third-order valence-corrected chi connectivity index (χ3v) is 2.67. The van der Waals surface area contributed by atoms with E-state index in [1.807, 2.05) is 18.2 Å². The van der Waals surface area contributed by atoms with Crippen LogP contribution in [0.2, 0.25) is 5.02 Å². The van der Waals surface area contributed by atoms with Gasteiger partial charge in [0.05, 0.1) is 11.9 Å². The third-order valence-electron chi connectivity index (χ3n) is 2.34. The summed E-state index contributed by atoms with van der Waals surface area (Å²) in [7, 11) is 0. The van der Waals surface area contributed by atoms with Crippen molar-refractivity contribution in [3.63, 3.8) is 0 Å². The Bertz CT molecular complexity index is 514. The summed E-state index contributed by atoms with van der Waals surface area (Å²) in [5.41, 5.74) is 7.72. The molecule has 2 rings (SSSR count). The van der Waals surface area contributed by atoms with Crippen molar-refractivity contribution < 1.29 is 5.11 Å². The van der Waals surface area contributed by atoms with Crippen molar-refractivity contribution >= 4 is 11.6 Å². The van der Waals surface area contributed by atoms with E-state index in [9.17, 15) is 5.11 Å². The van der Waals surface area contributed by atoms with Gasteiger partial charge in [-0.25, -0.2) is 0 Å². The van der Waals surface area contributed by atoms with Crippen LogP contribution in [0.15, 0.2) is 36.5 Å². The van der Waals surface area contributed by atoms with E-state index in [0.29, 0.717) is 16.3 Å². The maximum Gasteiger partial charge on any atom is 0.138 e. The fourth-order valence-corrected chi connectivity index (χ4v) is 1.70. The summed E-state index contributed by atoms with van der Waals surface area (Å²) in [6.45, 7) is 0.270. The lowest BCUT2D eigenvalue weighted by molar-refractivity contribution is 0.466. The Hall–Kier alpha value is -1.58. The van der Waals surface area contributed by atoms with Gasteiger partial charge in [-0.15, -0.1) is 0 Å². The Morgan fingerprint density at radius 1 is 1.31 bits per heavy atom. The molecule has 2 aromatic rings. The van der Waals surface area contributed by atoms with Gasteiger partial charge in [-0.1, -0.05) is 29.8 Å². The van der Waals surface area contributed by atoms with Crippen LogP contribution in [-0.2, 0) is 6.54 Å². The SMILES string of the molecule is NCc1cc(-c2ccccc2Cl)ncc1O. The fourth-order valence-electron chi connectivity index (χ4n) is 1.47. The molecule has 3 N–H and O–H groups in total. The van der Waals surface area contributed by atoms with E-state index in [-0.39, 0.29) is 12.3 Å². The van der Waals surface area contributed by atoms with E-state index in [4.69, 9.17) is 17.3 Å². The zero-order valence-electron chi connectivity index (χ0n) is 8.52. The van der Waals surface area contributed by atoms with Gasteiger partial charge in [0.2, 0.25) is 0 Å². The summed E-state index contributed by atoms with van der Waals surface area (Å²) in [5.74, 6) is 0.110. The van der Waals surface area contributed by atoms with Crippen LogP contribution in [-0.4, -0.2) is 10.1 Å². The lowest BCUT2D eigenvalue weighted by Crippen LogP contribution is -1.98. The highest BCUT2D eigenvalue weighted by atomic mass is 35.5. The molecule has 0 unspecified atom stereocenters. The number of nitrogens with two attached hydrogens (primary N) is 1. The second-order valence-electron chi connectivity index (χ2n) is 3.38. The van der Waals surface area contributed by atoms with Crippen LogP contribution in [0.4, 0.5) is 0 Å². The van der Waals surface area contributed by atoms with Crippen molar-refractivity contribution in [2.45, 2.75) is 6.54 Å². The predicted molar refractivity (Wildman–Crippen MR) is 64.2 cm³/mol. The van der Waals surface area contributed by atoms with Gasteiger partial charge in [0.1, 0.15) is 5.75 Å². The standard InChI is InChI=1S/C12H11ClN2O/c13-10-4-2-1-3-9(10)11-5-8(6-14)12(16)7-15-11/h1-5,7,16H,6,14H2. The summed E-state index contributed by atoms with van der Waals surface area (Å²) in [6.07, 6.45) is 1.39. The molecule has 0 aliphatic heterocycles. The maximum atomic E-state index is 9.48. The molecular weight excluding hydrogens is 224 g/mol. The molecule has 0 amide bonds. The minimum absolute atomic E-state index is 0.110. The minimum Gasteiger partial charge on any atom is -0.506 e. The van der Waals surface area contributed by atoms with Crippen molar-refractivity contribution in [3.8, 4) is 17.0 Å². The Morgan fingerprint density at radius 2 is 2.06 bits per heavy atom. The van der Waals surface area contributed by atoms with Gasteiger partial charge in [-0.2, -0.15) is 0 Å². The number of hydrogen-bond acceptors (Lipinski definition) is 3. The van der Waals surface area contributed by atoms with Gasteiger partial charge >= 0.3 is 0 Å². The predicted octanol–water partition coefficient (Wildman–Crippen LogP) is 2.57. The molecule has 1 aromatic carbocycles. The highest BCUT2D eigenvalue weighted by Gasteiger charge is 2.07. The van der Waals surface area contributed by atoms with E-state index < -0.39 is 0 Å². The Labute approximate surface area is 98.5 Å². The Balaban J connectivity index is 2.53. The number of nitrogens with zero attached hydrogens (tertiary/aromatic N) is 1. The van der Waals surface area contributed by atoms with Crippen molar-refractivity contribution in [2.24, 2.45) is 5.73 Å². The van der Waals surface area contributed by atoms with E-state index in [1.54, 1.807) is 12.1 Å². The molecule has 82 valence electrons. The zero-order chi connectivity index (χ0) is 11.5. The van der Waals surface area contributed by atoms with Crippen LogP contribution >= 0.6 is 11.6 Å². The van der Waals surface area contributed by atoms with Crippen LogP contribution in [0, 0.1) is 0 Å². The molecule has 0 radical (unpaired) electrons. The molecule has 3 nitrogen and oxygen atoms in total. The number of aromatic nitrogens is 1. The third kappa shape index (κ3) is 2.01. The first-order chi connectivity index (χ1) is 7.72. The van der Waals surface area contributed by atoms with E-state index >= 15 is 0 Å². The van der Waals surface area contributed by atoms with Crippen LogP contribution in [0.25, 0.3) is 11.3 Å². The average molecular weight is 235 g/mol. The van der Waals surface area contributed by atoms with Crippen LogP contribution < -0.4 is 5.73 Å². The fraction of sp³-hybridized carbons (Fsp3) is 0.0833. The van der Waals surface area contributed by atoms with Crippen molar-refractivity contribution in [1.29, 1.82) is 0 Å². The highest BCUT2D eigenvalue weighted by molar-refractivity contribution is 6.33. The van der Waals surface area contributed by atoms with Gasteiger partial charge in [0.25, 0.3) is 0 Å². The second kappa shape index (κ2) is 4.51. The van der Waals surface area contributed by atoms with Gasteiger partial charge in [0.15, 0.2) is 0 Å². The molecule has 0 aliphatic rings. The number of halogens is 1. The van der Waals surface area contributed by atoms with Gasteiger partial charge < -0.3 is 10.8 Å². The van der Waals surface area contributed by atoms with Gasteiger partial charge in [-0.3, -0.25) is 4.98 Å². The quantitative estimate of drug-likeness (QED) is 0.840. The number of hydrogen-bond donors (Lipinski definition) is 2. The van der Waals surface area contributed by atoms with Gasteiger partial charge in [0, 0.05) is 22.7 Å². The van der Waals surface area contributed by atoms with Crippen LogP contribution in [0.3, 0.4) is 0 Å². The lowest BCUT2D eigenvalue weighted by atomic mass is 10.1. The molecule has 1 aromatic heterocycles. The monoisotopic (exact) mass is 234 g/mol. The summed E-state index contributed by atoms with van der Waals surface area (Å²) in [5, 5.41) is 10.1. The Kier molecular flexibility index (Phi) is 3.08. The molecule has 0 atom stereocenters. The van der Waals surface area contributed by atoms with Crippen LogP contribution in [0.1, 0.15) is 5.56 Å². The zero-order valence-corrected chi connectivity index (χ0v) is 9.28. The van der Waals surface area contributed by atoms with E-state index in [2.05, 4.69) is 4.98 Å².